The number of aliphatic hydroxyl groups is 2. The van der Waals surface area contributed by atoms with Gasteiger partial charge in [0.05, 0.1) is 18.8 Å². The van der Waals surface area contributed by atoms with Crippen LogP contribution in [0.25, 0.3) is 21.9 Å². The number of hydrogen-bond acceptors (Lipinski definition) is 6. The van der Waals surface area contributed by atoms with E-state index in [0.29, 0.717) is 33.8 Å². The summed E-state index contributed by atoms with van der Waals surface area (Å²) < 4.78 is 16.5. The van der Waals surface area contributed by atoms with Gasteiger partial charge in [0, 0.05) is 16.7 Å². The standard InChI is InChI=1S/C26H24O6Si/c1-33(2,3)7-6-18-19-8-16(11-27)17(12-28)9-20(19)24(25-21(18)13-30-26(25)29)15-4-5-22-23(10-15)32-14-31-22/h4-5,8-10,27-28H,11-14H2,1-3H3. The van der Waals surface area contributed by atoms with Crippen LogP contribution in [0.3, 0.4) is 0 Å². The first-order chi connectivity index (χ1) is 15.8. The third kappa shape index (κ3) is 3.66. The smallest absolute Gasteiger partial charge is 0.339 e. The van der Waals surface area contributed by atoms with E-state index in [-0.39, 0.29) is 26.6 Å². The molecule has 0 unspecified atom stereocenters. The number of ether oxygens (including phenoxy) is 3. The van der Waals surface area contributed by atoms with Crippen LogP contribution in [0, 0.1) is 11.5 Å². The van der Waals surface area contributed by atoms with Gasteiger partial charge in [0.15, 0.2) is 11.5 Å². The van der Waals surface area contributed by atoms with Crippen LogP contribution in [0.5, 0.6) is 11.5 Å². The molecule has 2 aliphatic rings. The summed E-state index contributed by atoms with van der Waals surface area (Å²) in [7, 11) is -1.71. The molecule has 2 N–H and O–H groups in total. The molecular formula is C26H24O6Si. The molecule has 5 rings (SSSR count). The number of rotatable bonds is 3. The Morgan fingerprint density at radius 1 is 0.909 bits per heavy atom. The van der Waals surface area contributed by atoms with Crippen molar-refractivity contribution in [2.45, 2.75) is 39.5 Å². The van der Waals surface area contributed by atoms with Crippen LogP contribution >= 0.6 is 0 Å². The van der Waals surface area contributed by atoms with Crippen molar-refractivity contribution < 1.29 is 29.2 Å². The fraction of sp³-hybridized carbons (Fsp3) is 0.269. The van der Waals surface area contributed by atoms with Crippen molar-refractivity contribution in [3.8, 4) is 34.1 Å². The van der Waals surface area contributed by atoms with Gasteiger partial charge in [-0.2, -0.15) is 0 Å². The normalized spacial score (nSPS) is 14.2. The number of fused-ring (bicyclic) bond motifs is 3. The molecule has 3 aromatic carbocycles. The minimum Gasteiger partial charge on any atom is -0.457 e. The van der Waals surface area contributed by atoms with E-state index in [2.05, 4.69) is 31.1 Å². The van der Waals surface area contributed by atoms with Crippen molar-refractivity contribution >= 4 is 24.8 Å². The monoisotopic (exact) mass is 460 g/mol. The first-order valence-corrected chi connectivity index (χ1v) is 14.3. The molecule has 0 saturated heterocycles. The SMILES string of the molecule is C[Si](C)(C)C#Cc1c2c(c(-c3ccc4c(c3)OCO4)c3cc(CO)c(CO)cc13)C(=O)OC2. The highest BCUT2D eigenvalue weighted by Gasteiger charge is 2.32. The van der Waals surface area contributed by atoms with E-state index in [1.165, 1.54) is 0 Å². The quantitative estimate of drug-likeness (QED) is 0.348. The van der Waals surface area contributed by atoms with E-state index in [4.69, 9.17) is 14.2 Å². The maximum absolute atomic E-state index is 13.0. The van der Waals surface area contributed by atoms with E-state index in [0.717, 1.165) is 27.5 Å². The fourth-order valence-electron chi connectivity index (χ4n) is 4.29. The van der Waals surface area contributed by atoms with E-state index in [9.17, 15) is 15.0 Å². The van der Waals surface area contributed by atoms with Gasteiger partial charge in [-0.25, -0.2) is 4.79 Å². The first kappa shape index (κ1) is 21.5. The molecular weight excluding hydrogens is 436 g/mol. The predicted octanol–water partition coefficient (Wildman–Crippen LogP) is 4.12. The zero-order valence-corrected chi connectivity index (χ0v) is 19.7. The Balaban J connectivity index is 1.91. The Kier molecular flexibility index (Phi) is 5.17. The number of carbonyl (C=O) groups is 1. The molecule has 0 fully saturated rings. The molecule has 6 nitrogen and oxygen atoms in total. The topological polar surface area (TPSA) is 85.2 Å². The largest absolute Gasteiger partial charge is 0.457 e. The number of benzene rings is 3. The van der Waals surface area contributed by atoms with E-state index in [1.54, 1.807) is 0 Å². The van der Waals surface area contributed by atoms with E-state index in [1.807, 2.05) is 30.3 Å². The van der Waals surface area contributed by atoms with E-state index < -0.39 is 14.0 Å². The van der Waals surface area contributed by atoms with Gasteiger partial charge in [-0.3, -0.25) is 0 Å². The average Bonchev–Trinajstić information content (AvgIpc) is 3.41. The number of aliphatic hydroxyl groups excluding tert-OH is 2. The molecule has 0 saturated carbocycles. The van der Waals surface area contributed by atoms with Crippen LogP contribution in [0.1, 0.15) is 32.6 Å². The molecule has 2 heterocycles. The molecule has 0 amide bonds. The summed E-state index contributed by atoms with van der Waals surface area (Å²) in [6.07, 6.45) is 0. The molecule has 0 bridgehead atoms. The molecule has 7 heteroatoms. The predicted molar refractivity (Wildman–Crippen MR) is 127 cm³/mol. The summed E-state index contributed by atoms with van der Waals surface area (Å²) in [4.78, 5) is 13.0. The Morgan fingerprint density at radius 2 is 1.61 bits per heavy atom. The van der Waals surface area contributed by atoms with Crippen LogP contribution in [-0.2, 0) is 24.6 Å². The second-order valence-electron chi connectivity index (χ2n) is 9.23. The van der Waals surface area contributed by atoms with Crippen molar-refractivity contribution in [1.29, 1.82) is 0 Å². The van der Waals surface area contributed by atoms with Crippen molar-refractivity contribution in [2.75, 3.05) is 6.79 Å². The Labute approximate surface area is 192 Å². The molecule has 0 radical (unpaired) electrons. The lowest BCUT2D eigenvalue weighted by Crippen LogP contribution is -2.16. The minimum absolute atomic E-state index is 0.146. The molecule has 168 valence electrons. The van der Waals surface area contributed by atoms with Crippen LogP contribution in [0.2, 0.25) is 19.6 Å². The van der Waals surface area contributed by atoms with Crippen molar-refractivity contribution in [2.24, 2.45) is 0 Å². The van der Waals surface area contributed by atoms with Crippen molar-refractivity contribution in [3.63, 3.8) is 0 Å². The zero-order valence-electron chi connectivity index (χ0n) is 18.7. The second-order valence-corrected chi connectivity index (χ2v) is 14.0. The van der Waals surface area contributed by atoms with Gasteiger partial charge >= 0.3 is 5.97 Å². The van der Waals surface area contributed by atoms with Gasteiger partial charge in [0.1, 0.15) is 14.7 Å². The molecule has 0 aliphatic carbocycles. The number of esters is 1. The Hall–Kier alpha value is -3.31. The Morgan fingerprint density at radius 3 is 2.30 bits per heavy atom. The Bertz CT molecular complexity index is 1370. The van der Waals surface area contributed by atoms with Crippen LogP contribution in [-0.4, -0.2) is 31.0 Å². The lowest BCUT2D eigenvalue weighted by molar-refractivity contribution is 0.0535. The van der Waals surface area contributed by atoms with Gasteiger partial charge in [-0.1, -0.05) is 31.6 Å². The molecule has 0 spiro atoms. The number of cyclic esters (lactones) is 1. The lowest BCUT2D eigenvalue weighted by Gasteiger charge is -2.17. The van der Waals surface area contributed by atoms with Gasteiger partial charge in [0.2, 0.25) is 6.79 Å². The van der Waals surface area contributed by atoms with Crippen LogP contribution in [0.15, 0.2) is 30.3 Å². The van der Waals surface area contributed by atoms with Crippen molar-refractivity contribution in [3.05, 3.63) is 58.1 Å². The molecule has 3 aromatic rings. The van der Waals surface area contributed by atoms with Gasteiger partial charge < -0.3 is 24.4 Å². The highest BCUT2D eigenvalue weighted by atomic mass is 28.3. The maximum atomic E-state index is 13.0. The third-order valence-corrected chi connectivity index (χ3v) is 6.72. The summed E-state index contributed by atoms with van der Waals surface area (Å²) in [6.45, 7) is 6.34. The summed E-state index contributed by atoms with van der Waals surface area (Å²) in [5.74, 6) is 4.21. The summed E-state index contributed by atoms with van der Waals surface area (Å²) in [5.41, 5.74) is 8.12. The highest BCUT2D eigenvalue weighted by Crippen LogP contribution is 2.44. The lowest BCUT2D eigenvalue weighted by atomic mass is 9.85. The number of hydrogen-bond donors (Lipinski definition) is 2. The third-order valence-electron chi connectivity index (χ3n) is 5.85. The molecule has 2 aliphatic heterocycles. The van der Waals surface area contributed by atoms with Gasteiger partial charge in [-0.05, 0) is 51.7 Å². The highest BCUT2D eigenvalue weighted by molar-refractivity contribution is 6.83. The van der Waals surface area contributed by atoms with Crippen molar-refractivity contribution in [1.82, 2.24) is 0 Å². The summed E-state index contributed by atoms with van der Waals surface area (Å²) in [5, 5.41) is 21.5. The summed E-state index contributed by atoms with van der Waals surface area (Å²) >= 11 is 0. The van der Waals surface area contributed by atoms with Gasteiger partial charge in [-0.15, -0.1) is 5.54 Å². The van der Waals surface area contributed by atoms with Crippen LogP contribution in [0.4, 0.5) is 0 Å². The fourth-order valence-corrected chi connectivity index (χ4v) is 4.79. The molecule has 0 aromatic heterocycles. The first-order valence-electron chi connectivity index (χ1n) is 10.8. The molecule has 0 atom stereocenters. The average molecular weight is 461 g/mol. The van der Waals surface area contributed by atoms with Crippen LogP contribution < -0.4 is 9.47 Å². The minimum atomic E-state index is -1.71. The van der Waals surface area contributed by atoms with E-state index >= 15 is 0 Å². The number of carbonyl (C=O) groups excluding carboxylic acids is 1. The zero-order chi connectivity index (χ0) is 23.3. The second kappa shape index (κ2) is 7.92. The summed E-state index contributed by atoms with van der Waals surface area (Å²) in [6, 6.07) is 9.28. The maximum Gasteiger partial charge on any atom is 0.339 e. The molecule has 33 heavy (non-hydrogen) atoms. The van der Waals surface area contributed by atoms with Gasteiger partial charge in [0.25, 0.3) is 0 Å².